The molecule has 0 radical (unpaired) electrons. The van der Waals surface area contributed by atoms with E-state index in [1.807, 2.05) is 13.8 Å². The van der Waals surface area contributed by atoms with Gasteiger partial charge in [-0.25, -0.2) is 19.2 Å². The van der Waals surface area contributed by atoms with E-state index in [9.17, 15) is 39.3 Å². The van der Waals surface area contributed by atoms with Crippen molar-refractivity contribution in [2.45, 2.75) is 88.2 Å². The van der Waals surface area contributed by atoms with E-state index in [-0.39, 0.29) is 61.0 Å². The van der Waals surface area contributed by atoms with Gasteiger partial charge in [0.05, 0.1) is 18.2 Å². The Morgan fingerprint density at radius 3 is 1.85 bits per heavy atom. The van der Waals surface area contributed by atoms with Crippen molar-refractivity contribution < 1.29 is 58.2 Å². The predicted molar refractivity (Wildman–Crippen MR) is 206 cm³/mol. The van der Waals surface area contributed by atoms with Gasteiger partial charge in [-0.05, 0) is 158 Å². The number of aryl methyl sites for hydroxylation is 1. The van der Waals surface area contributed by atoms with Crippen LogP contribution in [0.1, 0.15) is 102 Å². The lowest BCUT2D eigenvalue weighted by Gasteiger charge is -2.30. The number of carbonyl (C=O) groups is 5. The highest BCUT2D eigenvalue weighted by atomic mass is 79.9. The maximum atomic E-state index is 13.9. The molecule has 292 valence electrons. The highest BCUT2D eigenvalue weighted by Crippen LogP contribution is 2.44. The zero-order valence-corrected chi connectivity index (χ0v) is 34.5. The molecule has 4 rings (SSSR count). The third kappa shape index (κ3) is 7.55. The molecule has 0 saturated carbocycles. The first-order chi connectivity index (χ1) is 25.5. The van der Waals surface area contributed by atoms with E-state index in [2.05, 4.69) is 15.9 Å². The summed E-state index contributed by atoms with van der Waals surface area (Å²) < 4.78 is 22.4. The van der Waals surface area contributed by atoms with Gasteiger partial charge in [-0.3, -0.25) is 4.79 Å². The van der Waals surface area contributed by atoms with Crippen LogP contribution in [0, 0.1) is 61.3 Å². The number of allylic oxidation sites excluding steroid dienone is 2. The van der Waals surface area contributed by atoms with Crippen LogP contribution in [0.5, 0.6) is 23.0 Å². The molecule has 1 aliphatic carbocycles. The fourth-order valence-corrected chi connectivity index (χ4v) is 7.35. The molecule has 0 aliphatic heterocycles. The van der Waals surface area contributed by atoms with Crippen molar-refractivity contribution in [3.05, 3.63) is 101 Å². The van der Waals surface area contributed by atoms with E-state index in [1.54, 1.807) is 41.5 Å². The molecule has 0 unspecified atom stereocenters. The van der Waals surface area contributed by atoms with Gasteiger partial charge in [-0.1, -0.05) is 13.8 Å². The number of benzene rings is 3. The summed E-state index contributed by atoms with van der Waals surface area (Å²) in [6, 6.07) is 1.51. The Morgan fingerprint density at radius 2 is 1.29 bits per heavy atom. The van der Waals surface area contributed by atoms with Crippen LogP contribution >= 0.6 is 15.9 Å². The average molecular weight is 822 g/mol. The summed E-state index contributed by atoms with van der Waals surface area (Å²) in [5.74, 6) is -4.93. The van der Waals surface area contributed by atoms with Gasteiger partial charge in [-0.15, -0.1) is 0 Å². The van der Waals surface area contributed by atoms with Crippen molar-refractivity contribution in [2.24, 2.45) is 5.92 Å². The van der Waals surface area contributed by atoms with Crippen molar-refractivity contribution >= 4 is 45.6 Å². The summed E-state index contributed by atoms with van der Waals surface area (Å²) in [7, 11) is 1.19. The Balaban J connectivity index is 1.69. The van der Waals surface area contributed by atoms with Gasteiger partial charge in [0.2, 0.25) is 5.60 Å². The second-order valence-electron chi connectivity index (χ2n) is 14.2. The van der Waals surface area contributed by atoms with Gasteiger partial charge in [0.1, 0.15) is 33.0 Å². The molecule has 3 aromatic rings. The first-order valence-electron chi connectivity index (χ1n) is 17.4. The third-order valence-corrected chi connectivity index (χ3v) is 11.0. The highest BCUT2D eigenvalue weighted by molar-refractivity contribution is 9.10. The van der Waals surface area contributed by atoms with Crippen LogP contribution < -0.4 is 14.2 Å². The normalized spacial score (nSPS) is 15.4. The van der Waals surface area contributed by atoms with Crippen LogP contribution in [-0.2, 0) is 20.7 Å². The number of esters is 3. The number of carboxylic acid groups (broad SMARTS) is 1. The summed E-state index contributed by atoms with van der Waals surface area (Å²) in [6.45, 7) is 18.5. The lowest BCUT2D eigenvalue weighted by molar-refractivity contribution is -0.151. The van der Waals surface area contributed by atoms with E-state index in [0.29, 0.717) is 51.1 Å². The SMILES string of the molecule is COC1=CC(=O)C=C(C)[C@]1(O)C(=O)Oc1c(C)c(C)c(C(=O)Oc2cc(C)c(C(=O)Oc3c(C)c(C)c(C(=O)O)c(C)c3CC(C)C)c(C)c2C)c(O)c1Br. The van der Waals surface area contributed by atoms with Gasteiger partial charge >= 0.3 is 23.9 Å². The van der Waals surface area contributed by atoms with Crippen LogP contribution in [-0.4, -0.2) is 57.7 Å². The van der Waals surface area contributed by atoms with E-state index in [4.69, 9.17) is 18.9 Å². The molecule has 0 saturated heterocycles. The van der Waals surface area contributed by atoms with Crippen LogP contribution in [0.25, 0.3) is 0 Å². The molecule has 55 heavy (non-hydrogen) atoms. The standard InChI is InChI=1S/C42H45BrO12/c1-17(2)13-28-26(11)32(38(46)47)22(7)24(9)36(28)54-39(48)31-18(3)14-29(20(5)21(31)6)53-40(49)33-23(8)25(10)37(34(43)35(33)45)55-41(50)42(51)19(4)15-27(44)16-30(42)52-12/h14-17,45,51H,13H2,1-12H3,(H,46,47)/t42-/m1/s1. The Hall–Kier alpha value is -5.27. The lowest BCUT2D eigenvalue weighted by atomic mass is 9.87. The molecular weight excluding hydrogens is 776 g/mol. The number of phenols is 1. The molecule has 0 amide bonds. The van der Waals surface area contributed by atoms with Crippen LogP contribution in [0.2, 0.25) is 0 Å². The number of halogens is 1. The summed E-state index contributed by atoms with van der Waals surface area (Å²) in [5, 5.41) is 32.5. The van der Waals surface area contributed by atoms with Gasteiger partial charge in [0.25, 0.3) is 0 Å². The number of hydrogen-bond donors (Lipinski definition) is 3. The number of carboxylic acids is 1. The summed E-state index contributed by atoms with van der Waals surface area (Å²) in [6.07, 6.45) is 2.52. The van der Waals surface area contributed by atoms with Gasteiger partial charge in [-0.2, -0.15) is 0 Å². The number of phenolic OH excluding ortho intramolecular Hbond substituents is 1. The number of aromatic hydroxyl groups is 1. The van der Waals surface area contributed by atoms with Crippen molar-refractivity contribution in [3.63, 3.8) is 0 Å². The predicted octanol–water partition coefficient (Wildman–Crippen LogP) is 7.65. The first-order valence-corrected chi connectivity index (χ1v) is 18.2. The maximum absolute atomic E-state index is 13.9. The number of aromatic carboxylic acids is 1. The number of methoxy groups -OCH3 is 1. The Bertz CT molecular complexity index is 2230. The molecule has 12 nitrogen and oxygen atoms in total. The molecule has 0 bridgehead atoms. The van der Waals surface area contributed by atoms with Crippen molar-refractivity contribution in [1.29, 1.82) is 0 Å². The lowest BCUT2D eigenvalue weighted by Crippen LogP contribution is -2.47. The minimum Gasteiger partial charge on any atom is -0.506 e. The largest absolute Gasteiger partial charge is 0.506 e. The van der Waals surface area contributed by atoms with Crippen LogP contribution in [0.3, 0.4) is 0 Å². The summed E-state index contributed by atoms with van der Waals surface area (Å²) >= 11 is 3.22. The first kappa shape index (κ1) is 42.5. The van der Waals surface area contributed by atoms with Crippen molar-refractivity contribution in [3.8, 4) is 23.0 Å². The minimum atomic E-state index is -2.43. The van der Waals surface area contributed by atoms with E-state index >= 15 is 0 Å². The Labute approximate surface area is 327 Å². The topological polar surface area (TPSA) is 183 Å². The molecule has 13 heteroatoms. The monoisotopic (exact) mass is 820 g/mol. The number of rotatable bonds is 10. The molecule has 1 aliphatic rings. The van der Waals surface area contributed by atoms with Crippen molar-refractivity contribution in [1.82, 2.24) is 0 Å². The molecule has 0 fully saturated rings. The fraction of sp³-hybridized carbons (Fsp3) is 0.357. The maximum Gasteiger partial charge on any atom is 0.356 e. The smallest absolute Gasteiger partial charge is 0.356 e. The Kier molecular flexibility index (Phi) is 12.2. The average Bonchev–Trinajstić information content (AvgIpc) is 3.09. The minimum absolute atomic E-state index is 0.0393. The zero-order valence-electron chi connectivity index (χ0n) is 32.9. The quantitative estimate of drug-likeness (QED) is 0.134. The van der Waals surface area contributed by atoms with Gasteiger partial charge in [0, 0.05) is 6.08 Å². The van der Waals surface area contributed by atoms with Crippen LogP contribution in [0.4, 0.5) is 0 Å². The highest BCUT2D eigenvalue weighted by Gasteiger charge is 2.48. The molecule has 3 N–H and O–H groups in total. The number of carbonyl (C=O) groups excluding carboxylic acids is 4. The van der Waals surface area contributed by atoms with E-state index in [1.165, 1.54) is 33.9 Å². The second kappa shape index (κ2) is 15.8. The second-order valence-corrected chi connectivity index (χ2v) is 15.0. The van der Waals surface area contributed by atoms with Crippen molar-refractivity contribution in [2.75, 3.05) is 7.11 Å². The van der Waals surface area contributed by atoms with Gasteiger partial charge < -0.3 is 34.3 Å². The fourth-order valence-electron chi connectivity index (χ4n) is 6.77. The molecule has 0 spiro atoms. The summed E-state index contributed by atoms with van der Waals surface area (Å²) in [4.78, 5) is 65.2. The molecular formula is C42H45BrO12. The number of aliphatic hydroxyl groups is 1. The summed E-state index contributed by atoms with van der Waals surface area (Å²) in [5.41, 5.74) is 1.76. The third-order valence-electron chi connectivity index (χ3n) is 10.3. The molecule has 1 atom stereocenters. The van der Waals surface area contributed by atoms with E-state index in [0.717, 1.165) is 12.2 Å². The van der Waals surface area contributed by atoms with Crippen LogP contribution in [0.15, 0.2) is 34.0 Å². The Morgan fingerprint density at radius 1 is 0.745 bits per heavy atom. The number of hydrogen-bond acceptors (Lipinski definition) is 11. The van der Waals surface area contributed by atoms with Gasteiger partial charge in [0.15, 0.2) is 11.5 Å². The number of ketones is 1. The molecule has 3 aromatic carbocycles. The van der Waals surface area contributed by atoms with E-state index < -0.39 is 41.0 Å². The zero-order chi connectivity index (χ0) is 41.6. The molecule has 0 aromatic heterocycles. The number of ether oxygens (including phenoxy) is 4. The molecule has 0 heterocycles.